The molecule has 3 heterocycles. The third kappa shape index (κ3) is 7.94. The van der Waals surface area contributed by atoms with Crippen molar-refractivity contribution in [2.75, 3.05) is 6.54 Å². The summed E-state index contributed by atoms with van der Waals surface area (Å²) in [6.07, 6.45) is 9.52. The van der Waals surface area contributed by atoms with Gasteiger partial charge in [-0.15, -0.1) is 0 Å². The molecule has 2 aromatic rings. The number of carboxylic acid groups (broad SMARTS) is 1. The van der Waals surface area contributed by atoms with E-state index in [0.29, 0.717) is 24.5 Å². The number of rotatable bonds is 7. The van der Waals surface area contributed by atoms with Gasteiger partial charge in [0.15, 0.2) is 0 Å². The first-order chi connectivity index (χ1) is 23.5. The molecule has 264 valence electrons. The van der Waals surface area contributed by atoms with Crippen molar-refractivity contribution in [3.05, 3.63) is 42.0 Å². The Balaban J connectivity index is 1.27. The SMILES string of the molecule is Cc1cccc2c(O[C@@H]3C[C@H]4C(=O)N[C@]5(C(=O)O)C[C@@H]5/C=C\CCCC[C@H](NC(=O)OC5CCCC5)CC(=O)N4C3)cc(OC(C)C)nc12. The number of hydrogen-bond acceptors (Lipinski definition) is 8. The number of nitrogens with zero attached hydrogens (tertiary/aromatic N) is 2. The van der Waals surface area contributed by atoms with Crippen molar-refractivity contribution in [1.82, 2.24) is 20.5 Å². The number of pyridine rings is 1. The molecule has 0 unspecified atom stereocenters. The van der Waals surface area contributed by atoms with Crippen LogP contribution in [0.25, 0.3) is 10.9 Å². The van der Waals surface area contributed by atoms with E-state index in [-0.39, 0.29) is 43.4 Å². The van der Waals surface area contributed by atoms with E-state index in [2.05, 4.69) is 10.6 Å². The highest BCUT2D eigenvalue weighted by molar-refractivity contribution is 5.95. The zero-order valence-corrected chi connectivity index (χ0v) is 28.6. The zero-order chi connectivity index (χ0) is 34.7. The second-order valence-electron chi connectivity index (χ2n) is 14.3. The van der Waals surface area contributed by atoms with Crippen LogP contribution in [0.2, 0.25) is 0 Å². The van der Waals surface area contributed by atoms with Crippen LogP contribution in [-0.2, 0) is 19.1 Å². The number of hydrogen-bond donors (Lipinski definition) is 3. The van der Waals surface area contributed by atoms with E-state index in [1.54, 1.807) is 6.07 Å². The van der Waals surface area contributed by atoms with Gasteiger partial charge >= 0.3 is 12.1 Å². The number of para-hydroxylation sites is 1. The van der Waals surface area contributed by atoms with Crippen LogP contribution in [0.5, 0.6) is 11.6 Å². The van der Waals surface area contributed by atoms with Crippen LogP contribution in [-0.4, -0.2) is 81.3 Å². The molecule has 3 fully saturated rings. The van der Waals surface area contributed by atoms with Crippen LogP contribution >= 0.6 is 0 Å². The fourth-order valence-corrected chi connectivity index (χ4v) is 7.42. The molecule has 3 N–H and O–H groups in total. The fraction of sp³-hybridized carbons (Fsp3) is 0.595. The van der Waals surface area contributed by atoms with Gasteiger partial charge in [-0.3, -0.25) is 9.59 Å². The lowest BCUT2D eigenvalue weighted by atomic mass is 10.0. The summed E-state index contributed by atoms with van der Waals surface area (Å²) in [5.74, 6) is -1.35. The normalized spacial score (nSPS) is 28.5. The molecule has 2 aliphatic heterocycles. The monoisotopic (exact) mass is 676 g/mol. The van der Waals surface area contributed by atoms with E-state index in [0.717, 1.165) is 61.4 Å². The number of aliphatic carboxylic acids is 1. The number of carboxylic acids is 1. The molecule has 12 nitrogen and oxygen atoms in total. The number of benzene rings is 1. The van der Waals surface area contributed by atoms with E-state index in [1.807, 2.05) is 51.1 Å². The first kappa shape index (κ1) is 34.5. The average molecular weight is 677 g/mol. The molecule has 2 aliphatic carbocycles. The number of allylic oxidation sites excluding steroid dienone is 1. The molecule has 0 radical (unpaired) electrons. The Hall–Kier alpha value is -4.35. The summed E-state index contributed by atoms with van der Waals surface area (Å²) in [5, 5.41) is 16.7. The van der Waals surface area contributed by atoms with Gasteiger partial charge in [-0.05, 0) is 83.8 Å². The average Bonchev–Trinajstić information content (AvgIpc) is 3.33. The van der Waals surface area contributed by atoms with Crippen LogP contribution in [0.15, 0.2) is 36.4 Å². The van der Waals surface area contributed by atoms with Crippen LogP contribution in [0, 0.1) is 12.8 Å². The fourth-order valence-electron chi connectivity index (χ4n) is 7.42. The maximum Gasteiger partial charge on any atom is 0.407 e. The summed E-state index contributed by atoms with van der Waals surface area (Å²) in [7, 11) is 0. The van der Waals surface area contributed by atoms with Crippen LogP contribution in [0.4, 0.5) is 4.79 Å². The molecule has 6 rings (SSSR count). The van der Waals surface area contributed by atoms with Gasteiger partial charge in [0.2, 0.25) is 17.7 Å². The molecule has 4 aliphatic rings. The number of carbonyl (C=O) groups is 4. The molecule has 12 heteroatoms. The van der Waals surface area contributed by atoms with Crippen molar-refractivity contribution >= 4 is 34.8 Å². The van der Waals surface area contributed by atoms with E-state index < -0.39 is 41.7 Å². The smallest absolute Gasteiger partial charge is 0.407 e. The van der Waals surface area contributed by atoms with Gasteiger partial charge in [-0.1, -0.05) is 30.7 Å². The zero-order valence-electron chi connectivity index (χ0n) is 28.6. The summed E-state index contributed by atoms with van der Waals surface area (Å²) in [4.78, 5) is 59.5. The minimum absolute atomic E-state index is 0.0252. The highest BCUT2D eigenvalue weighted by atomic mass is 16.6. The lowest BCUT2D eigenvalue weighted by Crippen LogP contribution is -2.53. The van der Waals surface area contributed by atoms with Gasteiger partial charge in [0, 0.05) is 36.3 Å². The quantitative estimate of drug-likeness (QED) is 0.336. The van der Waals surface area contributed by atoms with Gasteiger partial charge in [0.05, 0.1) is 18.2 Å². The minimum Gasteiger partial charge on any atom is -0.488 e. The molecule has 0 bridgehead atoms. The Bertz CT molecular complexity index is 1600. The first-order valence-corrected chi connectivity index (χ1v) is 17.7. The molecule has 1 aromatic carbocycles. The molecule has 3 amide bonds. The second kappa shape index (κ2) is 14.6. The summed E-state index contributed by atoms with van der Waals surface area (Å²) in [6.45, 7) is 5.89. The Morgan fingerprint density at radius 2 is 1.88 bits per heavy atom. The topological polar surface area (TPSA) is 156 Å². The second-order valence-corrected chi connectivity index (χ2v) is 14.3. The Morgan fingerprint density at radius 3 is 2.63 bits per heavy atom. The molecular weight excluding hydrogens is 628 g/mol. The Morgan fingerprint density at radius 1 is 1.10 bits per heavy atom. The molecule has 2 saturated carbocycles. The molecular formula is C37H48N4O8. The maximum atomic E-state index is 14.1. The van der Waals surface area contributed by atoms with Crippen molar-refractivity contribution in [2.45, 2.75) is 127 Å². The number of aryl methyl sites for hydroxylation is 1. The molecule has 5 atom stereocenters. The molecule has 49 heavy (non-hydrogen) atoms. The third-order valence-electron chi connectivity index (χ3n) is 10.1. The molecule has 1 aromatic heterocycles. The highest BCUT2D eigenvalue weighted by Gasteiger charge is 2.61. The van der Waals surface area contributed by atoms with Crippen molar-refractivity contribution in [3.63, 3.8) is 0 Å². The van der Waals surface area contributed by atoms with Crippen LogP contribution in [0.3, 0.4) is 0 Å². The van der Waals surface area contributed by atoms with E-state index in [9.17, 15) is 24.3 Å². The number of nitrogens with one attached hydrogen (secondary N) is 2. The lowest BCUT2D eigenvalue weighted by Gasteiger charge is -2.27. The maximum absolute atomic E-state index is 14.1. The summed E-state index contributed by atoms with van der Waals surface area (Å²) < 4.78 is 18.2. The number of carbonyl (C=O) groups excluding carboxylic acids is 3. The van der Waals surface area contributed by atoms with Crippen molar-refractivity contribution in [1.29, 1.82) is 0 Å². The number of amides is 3. The molecule has 0 spiro atoms. The van der Waals surface area contributed by atoms with Crippen LogP contribution in [0.1, 0.15) is 90.0 Å². The number of ether oxygens (including phenoxy) is 3. The third-order valence-corrected chi connectivity index (χ3v) is 10.1. The largest absolute Gasteiger partial charge is 0.488 e. The predicted molar refractivity (Wildman–Crippen MR) is 181 cm³/mol. The van der Waals surface area contributed by atoms with E-state index >= 15 is 0 Å². The van der Waals surface area contributed by atoms with E-state index in [4.69, 9.17) is 19.2 Å². The summed E-state index contributed by atoms with van der Waals surface area (Å²) >= 11 is 0. The van der Waals surface area contributed by atoms with Crippen molar-refractivity contribution in [3.8, 4) is 11.6 Å². The Labute approximate surface area is 286 Å². The van der Waals surface area contributed by atoms with Gasteiger partial charge in [-0.2, -0.15) is 0 Å². The van der Waals surface area contributed by atoms with Gasteiger partial charge in [-0.25, -0.2) is 14.6 Å². The van der Waals surface area contributed by atoms with Crippen LogP contribution < -0.4 is 20.1 Å². The lowest BCUT2D eigenvalue weighted by molar-refractivity contribution is -0.145. The predicted octanol–water partition coefficient (Wildman–Crippen LogP) is 5.20. The van der Waals surface area contributed by atoms with Gasteiger partial charge in [0.25, 0.3) is 0 Å². The number of fused-ring (bicyclic) bond motifs is 3. The summed E-state index contributed by atoms with van der Waals surface area (Å²) in [5.41, 5.74) is 0.270. The standard InChI is InChI=1S/C37H48N4O8/c1-22(2)47-31-19-30(28-16-10-11-23(3)33(28)39-31)48-27-18-29-34(43)40-37(35(44)45)20-24(37)12-6-4-5-7-13-25(17-32(42)41(29)21-27)38-36(46)49-26-14-8-9-15-26/h6,10-12,16,19,22,24-27,29H,4-5,7-9,13-15,17-18,20-21H2,1-3H3,(H,38,46)(H,40,43)(H,44,45)/b12-6-/t24-,25-,27+,29-,37+/m0/s1. The van der Waals surface area contributed by atoms with Crippen molar-refractivity contribution in [2.24, 2.45) is 5.92 Å². The van der Waals surface area contributed by atoms with E-state index in [1.165, 1.54) is 4.90 Å². The first-order valence-electron chi connectivity index (χ1n) is 17.7. The van der Waals surface area contributed by atoms with Gasteiger partial charge < -0.3 is 34.9 Å². The summed E-state index contributed by atoms with van der Waals surface area (Å²) in [6, 6.07) is 6.07. The van der Waals surface area contributed by atoms with Crippen molar-refractivity contribution < 1.29 is 38.5 Å². The minimum atomic E-state index is -1.41. The number of alkyl carbamates (subject to hydrolysis) is 1. The molecule has 1 saturated heterocycles. The Kier molecular flexibility index (Phi) is 10.3. The van der Waals surface area contributed by atoms with Gasteiger partial charge in [0.1, 0.15) is 29.5 Å². The number of aromatic nitrogens is 1. The highest BCUT2D eigenvalue weighted by Crippen LogP contribution is 2.45.